The molecule has 214 valence electrons. The third-order valence-electron chi connectivity index (χ3n) is 11.4. The molecule has 4 heteroatoms. The molecular formula is C40H33N2OP. The van der Waals surface area contributed by atoms with E-state index in [2.05, 4.69) is 36.4 Å². The molecule has 0 aliphatic heterocycles. The third-order valence-corrected chi connectivity index (χ3v) is 14.4. The van der Waals surface area contributed by atoms with Gasteiger partial charge in [-0.1, -0.05) is 84.9 Å². The van der Waals surface area contributed by atoms with Crippen LogP contribution in [0.5, 0.6) is 0 Å². The SMILES string of the molecule is N#Cc1ccc2c(c1)-c1ncc(-c3cccc(P(=O)(c4ccccc4)c4ccccc4)c3)cc1C21C2CC3CC(C2)CC1C3. The van der Waals surface area contributed by atoms with Gasteiger partial charge in [-0.25, -0.2) is 0 Å². The average molecular weight is 589 g/mol. The summed E-state index contributed by atoms with van der Waals surface area (Å²) in [4.78, 5) is 5.19. The molecule has 0 saturated heterocycles. The fourth-order valence-corrected chi connectivity index (χ4v) is 12.6. The number of hydrogen-bond acceptors (Lipinski definition) is 3. The Morgan fingerprint density at radius 1 is 0.659 bits per heavy atom. The van der Waals surface area contributed by atoms with Gasteiger partial charge in [0.25, 0.3) is 0 Å². The van der Waals surface area contributed by atoms with Crippen molar-refractivity contribution in [2.75, 3.05) is 0 Å². The summed E-state index contributed by atoms with van der Waals surface area (Å²) in [5.41, 5.74) is 7.75. The third kappa shape index (κ3) is 3.56. The van der Waals surface area contributed by atoms with Crippen LogP contribution in [0.4, 0.5) is 0 Å². The first kappa shape index (κ1) is 26.2. The van der Waals surface area contributed by atoms with E-state index < -0.39 is 7.14 Å². The predicted molar refractivity (Wildman–Crippen MR) is 177 cm³/mol. The zero-order chi connectivity index (χ0) is 29.5. The number of hydrogen-bond donors (Lipinski definition) is 0. The van der Waals surface area contributed by atoms with Gasteiger partial charge in [-0.05, 0) is 96.7 Å². The molecule has 5 aliphatic rings. The summed E-state index contributed by atoms with van der Waals surface area (Å²) in [6, 6.07) is 39.2. The van der Waals surface area contributed by atoms with Crippen molar-refractivity contribution in [2.24, 2.45) is 23.7 Å². The second-order valence-electron chi connectivity index (χ2n) is 13.5. The summed E-state index contributed by atoms with van der Waals surface area (Å²) in [6.07, 6.45) is 8.58. The van der Waals surface area contributed by atoms with Crippen molar-refractivity contribution in [2.45, 2.75) is 37.5 Å². The van der Waals surface area contributed by atoms with E-state index in [1.54, 1.807) is 0 Å². The van der Waals surface area contributed by atoms with Crippen molar-refractivity contribution < 1.29 is 4.57 Å². The topological polar surface area (TPSA) is 53.8 Å². The van der Waals surface area contributed by atoms with Crippen LogP contribution in [0.1, 0.15) is 48.8 Å². The number of fused-ring (bicyclic) bond motifs is 3. The van der Waals surface area contributed by atoms with E-state index in [1.165, 1.54) is 43.2 Å². The van der Waals surface area contributed by atoms with Gasteiger partial charge < -0.3 is 4.57 Å². The van der Waals surface area contributed by atoms with Gasteiger partial charge in [0, 0.05) is 38.7 Å². The number of benzene rings is 4. The Kier molecular flexibility index (Phi) is 5.73. The summed E-state index contributed by atoms with van der Waals surface area (Å²) in [6.45, 7) is 0. The molecule has 44 heavy (non-hydrogen) atoms. The van der Waals surface area contributed by atoms with Crippen molar-refractivity contribution in [3.8, 4) is 28.5 Å². The lowest BCUT2D eigenvalue weighted by Gasteiger charge is -2.61. The molecule has 0 amide bonds. The van der Waals surface area contributed by atoms with Crippen LogP contribution < -0.4 is 15.9 Å². The van der Waals surface area contributed by atoms with Crippen LogP contribution in [0.2, 0.25) is 0 Å². The molecule has 3 nitrogen and oxygen atoms in total. The molecule has 5 aliphatic carbocycles. The maximum atomic E-state index is 15.2. The van der Waals surface area contributed by atoms with Gasteiger partial charge in [0.2, 0.25) is 0 Å². The minimum atomic E-state index is -3.10. The quantitative estimate of drug-likeness (QED) is 0.200. The zero-order valence-electron chi connectivity index (χ0n) is 24.6. The van der Waals surface area contributed by atoms with Crippen LogP contribution in [0, 0.1) is 35.0 Å². The van der Waals surface area contributed by atoms with E-state index in [0.29, 0.717) is 17.4 Å². The van der Waals surface area contributed by atoms with Crippen LogP contribution in [0.15, 0.2) is 115 Å². The molecule has 4 bridgehead atoms. The Balaban J connectivity index is 1.22. The molecule has 4 fully saturated rings. The van der Waals surface area contributed by atoms with Crippen molar-refractivity contribution in [1.29, 1.82) is 5.26 Å². The first-order chi connectivity index (χ1) is 21.6. The summed E-state index contributed by atoms with van der Waals surface area (Å²) in [5, 5.41) is 12.3. The highest BCUT2D eigenvalue weighted by Crippen LogP contribution is 2.69. The van der Waals surface area contributed by atoms with Gasteiger partial charge >= 0.3 is 0 Å². The minimum Gasteiger partial charge on any atom is -0.309 e. The fourth-order valence-electron chi connectivity index (χ4n) is 9.88. The largest absolute Gasteiger partial charge is 0.309 e. The van der Waals surface area contributed by atoms with Crippen molar-refractivity contribution in [1.82, 2.24) is 4.98 Å². The van der Waals surface area contributed by atoms with Crippen molar-refractivity contribution in [3.05, 3.63) is 132 Å². The average Bonchev–Trinajstić information content (AvgIpc) is 3.36. The van der Waals surface area contributed by atoms with Crippen LogP contribution in [-0.2, 0) is 9.98 Å². The number of aromatic nitrogens is 1. The smallest absolute Gasteiger partial charge is 0.171 e. The zero-order valence-corrected chi connectivity index (χ0v) is 25.5. The lowest BCUT2D eigenvalue weighted by molar-refractivity contribution is -0.0399. The van der Waals surface area contributed by atoms with Crippen molar-refractivity contribution in [3.63, 3.8) is 0 Å². The van der Waals surface area contributed by atoms with E-state index >= 15 is 4.57 Å². The highest BCUT2D eigenvalue weighted by molar-refractivity contribution is 7.85. The van der Waals surface area contributed by atoms with E-state index in [4.69, 9.17) is 4.98 Å². The van der Waals surface area contributed by atoms with Crippen LogP contribution >= 0.6 is 7.14 Å². The lowest BCUT2D eigenvalue weighted by Crippen LogP contribution is -2.55. The Morgan fingerprint density at radius 2 is 1.30 bits per heavy atom. The van der Waals surface area contributed by atoms with Gasteiger partial charge in [-0.15, -0.1) is 0 Å². The molecule has 0 unspecified atom stereocenters. The first-order valence-corrected chi connectivity index (χ1v) is 17.7. The highest BCUT2D eigenvalue weighted by atomic mass is 31.2. The second kappa shape index (κ2) is 9.62. The van der Waals surface area contributed by atoms with E-state index in [9.17, 15) is 5.26 Å². The number of rotatable bonds is 4. The molecule has 4 aromatic carbocycles. The van der Waals surface area contributed by atoms with Crippen LogP contribution in [0.3, 0.4) is 0 Å². The number of nitrogens with zero attached hydrogens (tertiary/aromatic N) is 2. The van der Waals surface area contributed by atoms with E-state index in [1.807, 2.05) is 85.1 Å². The normalized spacial score (nSPS) is 25.9. The van der Waals surface area contributed by atoms with Gasteiger partial charge in [-0.3, -0.25) is 4.98 Å². The lowest BCUT2D eigenvalue weighted by atomic mass is 9.43. The summed E-state index contributed by atoms with van der Waals surface area (Å²) in [5.74, 6) is 2.94. The van der Waals surface area contributed by atoms with E-state index in [0.717, 1.165) is 50.1 Å². The molecule has 1 spiro atoms. The van der Waals surface area contributed by atoms with Crippen LogP contribution in [-0.4, -0.2) is 4.98 Å². The molecule has 0 N–H and O–H groups in total. The molecule has 1 heterocycles. The summed E-state index contributed by atoms with van der Waals surface area (Å²) < 4.78 is 15.2. The molecule has 0 radical (unpaired) electrons. The fraction of sp³-hybridized carbons (Fsp3) is 0.250. The predicted octanol–water partition coefficient (Wildman–Crippen LogP) is 7.98. The molecule has 4 saturated carbocycles. The number of nitriles is 1. The Morgan fingerprint density at radius 3 is 1.93 bits per heavy atom. The van der Waals surface area contributed by atoms with Gasteiger partial charge in [-0.2, -0.15) is 5.26 Å². The molecule has 5 aromatic rings. The maximum absolute atomic E-state index is 15.2. The molecule has 1 aromatic heterocycles. The molecule has 10 rings (SSSR count). The van der Waals surface area contributed by atoms with E-state index in [-0.39, 0.29) is 5.41 Å². The Hall–Kier alpha value is -4.25. The highest BCUT2D eigenvalue weighted by Gasteiger charge is 2.62. The standard InChI is InChI=1S/C40H33N2OP/c41-24-26-14-15-37-36(21-26)39-38(40(37)31-17-27-16-28(19-31)20-32(40)18-27)23-30(25-42-39)29-8-7-13-35(22-29)44(43,33-9-3-1-4-10-33)34-11-5-2-6-12-34/h1-15,21-23,25,27-28,31-32H,16-20H2. The molecule has 0 atom stereocenters. The van der Waals surface area contributed by atoms with Gasteiger partial charge in [0.05, 0.1) is 17.3 Å². The molecular weight excluding hydrogens is 555 g/mol. The minimum absolute atomic E-state index is 0.0317. The summed E-state index contributed by atoms with van der Waals surface area (Å²) >= 11 is 0. The van der Waals surface area contributed by atoms with Crippen LogP contribution in [0.25, 0.3) is 22.4 Å². The Labute approximate surface area is 259 Å². The maximum Gasteiger partial charge on any atom is 0.171 e. The van der Waals surface area contributed by atoms with Gasteiger partial charge in [0.1, 0.15) is 0 Å². The van der Waals surface area contributed by atoms with Gasteiger partial charge in [0.15, 0.2) is 7.14 Å². The monoisotopic (exact) mass is 588 g/mol. The van der Waals surface area contributed by atoms with Crippen molar-refractivity contribution >= 4 is 23.1 Å². The first-order valence-electron chi connectivity index (χ1n) is 16.0. The summed E-state index contributed by atoms with van der Waals surface area (Å²) in [7, 11) is -3.10. The second-order valence-corrected chi connectivity index (χ2v) is 16.3. The Bertz CT molecular complexity index is 1950. The number of pyridine rings is 1.